The largest absolute Gasteiger partial charge is 0.355 e. The predicted octanol–water partition coefficient (Wildman–Crippen LogP) is 0.499. The molecular formula is C14H22N2O3S. The molecule has 0 radical (unpaired) electrons. The lowest BCUT2D eigenvalue weighted by Crippen LogP contribution is -2.32. The average molecular weight is 298 g/mol. The van der Waals surface area contributed by atoms with Crippen molar-refractivity contribution in [1.29, 1.82) is 0 Å². The van der Waals surface area contributed by atoms with Gasteiger partial charge in [-0.25, -0.2) is 8.42 Å². The maximum absolute atomic E-state index is 11.6. The van der Waals surface area contributed by atoms with Crippen LogP contribution >= 0.6 is 0 Å². The van der Waals surface area contributed by atoms with Crippen molar-refractivity contribution in [3.63, 3.8) is 0 Å². The quantitative estimate of drug-likeness (QED) is 0.650. The second kappa shape index (κ2) is 8.71. The highest BCUT2D eigenvalue weighted by Crippen LogP contribution is 1.99. The third-order valence-corrected chi connectivity index (χ3v) is 4.45. The van der Waals surface area contributed by atoms with Gasteiger partial charge in [0.15, 0.2) is 9.84 Å². The minimum absolute atomic E-state index is 0.0241. The maximum atomic E-state index is 11.6. The summed E-state index contributed by atoms with van der Waals surface area (Å²) in [4.78, 5) is 11.6. The van der Waals surface area contributed by atoms with Crippen LogP contribution in [0.2, 0.25) is 0 Å². The van der Waals surface area contributed by atoms with Gasteiger partial charge in [0.2, 0.25) is 5.91 Å². The summed E-state index contributed by atoms with van der Waals surface area (Å²) >= 11 is 0. The van der Waals surface area contributed by atoms with Crippen LogP contribution in [0.4, 0.5) is 0 Å². The number of nitrogens with one attached hydrogen (secondary N) is 1. The fraction of sp³-hybridized carbons (Fsp3) is 0.500. The molecule has 0 aliphatic heterocycles. The second-order valence-corrected chi connectivity index (χ2v) is 6.86. The van der Waals surface area contributed by atoms with E-state index in [0.717, 1.165) is 5.56 Å². The fourth-order valence-corrected chi connectivity index (χ4v) is 3.07. The summed E-state index contributed by atoms with van der Waals surface area (Å²) in [7, 11) is -3.32. The van der Waals surface area contributed by atoms with Gasteiger partial charge in [0, 0.05) is 6.54 Å². The van der Waals surface area contributed by atoms with Gasteiger partial charge in [0.1, 0.15) is 5.75 Å². The molecule has 0 spiro atoms. The molecule has 1 aromatic rings. The molecule has 0 heterocycles. The molecule has 0 bridgehead atoms. The van der Waals surface area contributed by atoms with Gasteiger partial charge >= 0.3 is 0 Å². The van der Waals surface area contributed by atoms with E-state index in [-0.39, 0.29) is 5.75 Å². The molecule has 0 fully saturated rings. The zero-order valence-electron chi connectivity index (χ0n) is 11.5. The van der Waals surface area contributed by atoms with Crippen LogP contribution in [-0.2, 0) is 21.1 Å². The molecule has 1 rings (SSSR count). The monoisotopic (exact) mass is 298 g/mol. The van der Waals surface area contributed by atoms with Crippen molar-refractivity contribution in [3.05, 3.63) is 35.9 Å². The summed E-state index contributed by atoms with van der Waals surface area (Å²) in [6, 6.07) is 9.72. The van der Waals surface area contributed by atoms with Crippen molar-refractivity contribution in [2.75, 3.05) is 24.6 Å². The van der Waals surface area contributed by atoms with Crippen molar-refractivity contribution >= 4 is 15.7 Å². The van der Waals surface area contributed by atoms with Gasteiger partial charge in [-0.15, -0.1) is 0 Å². The summed E-state index contributed by atoms with van der Waals surface area (Å²) in [5.74, 6) is -0.850. The van der Waals surface area contributed by atoms with Gasteiger partial charge in [0.25, 0.3) is 0 Å². The van der Waals surface area contributed by atoms with Crippen LogP contribution in [0.5, 0.6) is 0 Å². The molecule has 20 heavy (non-hydrogen) atoms. The molecule has 0 saturated heterocycles. The molecule has 6 heteroatoms. The lowest BCUT2D eigenvalue weighted by atomic mass is 10.1. The highest BCUT2D eigenvalue weighted by molar-refractivity contribution is 7.92. The molecule has 0 aliphatic rings. The Labute approximate surface area is 120 Å². The van der Waals surface area contributed by atoms with Gasteiger partial charge in [-0.2, -0.15) is 0 Å². The smallest absolute Gasteiger partial charge is 0.235 e. The first-order chi connectivity index (χ1) is 9.53. The Balaban J connectivity index is 2.26. The van der Waals surface area contributed by atoms with Crippen molar-refractivity contribution in [2.24, 2.45) is 5.73 Å². The minimum Gasteiger partial charge on any atom is -0.355 e. The Morgan fingerprint density at radius 2 is 1.85 bits per heavy atom. The lowest BCUT2D eigenvalue weighted by Gasteiger charge is -2.06. The highest BCUT2D eigenvalue weighted by atomic mass is 32.2. The standard InChI is InChI=1S/C14H22N2O3S/c15-9-4-5-11-20(18,19)12-14(17)16-10-8-13-6-2-1-3-7-13/h1-3,6-7H,4-5,8-12,15H2,(H,16,17). The predicted molar refractivity (Wildman–Crippen MR) is 80.1 cm³/mol. The molecule has 0 aromatic heterocycles. The van der Waals surface area contributed by atoms with Gasteiger partial charge in [0.05, 0.1) is 5.75 Å². The molecule has 0 atom stereocenters. The van der Waals surface area contributed by atoms with Crippen molar-refractivity contribution in [3.8, 4) is 0 Å². The van der Waals surface area contributed by atoms with E-state index in [0.29, 0.717) is 32.4 Å². The van der Waals surface area contributed by atoms with E-state index in [1.54, 1.807) is 0 Å². The Kier molecular flexibility index (Phi) is 7.25. The van der Waals surface area contributed by atoms with Crippen LogP contribution in [0.3, 0.4) is 0 Å². The van der Waals surface area contributed by atoms with Crippen molar-refractivity contribution in [1.82, 2.24) is 5.32 Å². The number of hydrogen-bond acceptors (Lipinski definition) is 4. The summed E-state index contributed by atoms with van der Waals surface area (Å²) in [6.45, 7) is 0.917. The molecule has 0 saturated carbocycles. The zero-order valence-corrected chi connectivity index (χ0v) is 12.4. The molecule has 1 amide bonds. The third kappa shape index (κ3) is 7.25. The summed E-state index contributed by atoms with van der Waals surface area (Å²) in [5.41, 5.74) is 6.42. The van der Waals surface area contributed by atoms with Crippen LogP contribution in [0.15, 0.2) is 30.3 Å². The minimum atomic E-state index is -3.32. The second-order valence-electron chi connectivity index (χ2n) is 4.67. The summed E-state index contributed by atoms with van der Waals surface area (Å²) < 4.78 is 23.3. The van der Waals surface area contributed by atoms with E-state index in [1.807, 2.05) is 30.3 Å². The molecular weight excluding hydrogens is 276 g/mol. The topological polar surface area (TPSA) is 89.3 Å². The number of carbonyl (C=O) groups excluding carboxylic acids is 1. The molecule has 1 aromatic carbocycles. The zero-order chi connectivity index (χ0) is 14.8. The lowest BCUT2D eigenvalue weighted by molar-refractivity contribution is -0.118. The molecule has 3 N–H and O–H groups in total. The number of rotatable bonds is 9. The Morgan fingerprint density at radius 1 is 1.15 bits per heavy atom. The molecule has 5 nitrogen and oxygen atoms in total. The van der Waals surface area contributed by atoms with E-state index in [4.69, 9.17) is 5.73 Å². The van der Waals surface area contributed by atoms with E-state index < -0.39 is 21.5 Å². The highest BCUT2D eigenvalue weighted by Gasteiger charge is 2.15. The van der Waals surface area contributed by atoms with Crippen LogP contribution < -0.4 is 11.1 Å². The number of nitrogens with two attached hydrogens (primary N) is 1. The summed E-state index contributed by atoms with van der Waals surface area (Å²) in [5, 5.41) is 2.63. The number of sulfone groups is 1. The van der Waals surface area contributed by atoms with E-state index in [9.17, 15) is 13.2 Å². The Morgan fingerprint density at radius 3 is 2.50 bits per heavy atom. The number of benzene rings is 1. The number of amides is 1. The van der Waals surface area contributed by atoms with Gasteiger partial charge in [-0.05, 0) is 31.4 Å². The summed E-state index contributed by atoms with van der Waals surface area (Å²) in [6.07, 6.45) is 1.87. The average Bonchev–Trinajstić information content (AvgIpc) is 2.39. The van der Waals surface area contributed by atoms with Crippen LogP contribution in [0.25, 0.3) is 0 Å². The van der Waals surface area contributed by atoms with Crippen LogP contribution in [0, 0.1) is 0 Å². The van der Waals surface area contributed by atoms with E-state index >= 15 is 0 Å². The number of unbranched alkanes of at least 4 members (excludes halogenated alkanes) is 1. The Hall–Kier alpha value is -1.40. The van der Waals surface area contributed by atoms with E-state index in [1.165, 1.54) is 0 Å². The first-order valence-corrected chi connectivity index (χ1v) is 8.57. The number of hydrogen-bond donors (Lipinski definition) is 2. The maximum Gasteiger partial charge on any atom is 0.235 e. The van der Waals surface area contributed by atoms with Crippen molar-refractivity contribution in [2.45, 2.75) is 19.3 Å². The van der Waals surface area contributed by atoms with E-state index in [2.05, 4.69) is 5.32 Å². The Bertz CT molecular complexity index is 500. The first kappa shape index (κ1) is 16.7. The third-order valence-electron chi connectivity index (χ3n) is 2.84. The van der Waals surface area contributed by atoms with Crippen molar-refractivity contribution < 1.29 is 13.2 Å². The molecule has 0 unspecified atom stereocenters. The molecule has 112 valence electrons. The van der Waals surface area contributed by atoms with Crippen LogP contribution in [0.1, 0.15) is 18.4 Å². The van der Waals surface area contributed by atoms with Crippen LogP contribution in [-0.4, -0.2) is 38.9 Å². The number of carbonyl (C=O) groups is 1. The first-order valence-electron chi connectivity index (χ1n) is 6.74. The molecule has 0 aliphatic carbocycles. The van der Waals surface area contributed by atoms with Gasteiger partial charge in [-0.1, -0.05) is 30.3 Å². The SMILES string of the molecule is NCCCCS(=O)(=O)CC(=O)NCCc1ccccc1. The normalized spacial score (nSPS) is 11.2. The fourth-order valence-electron chi connectivity index (χ4n) is 1.78. The van der Waals surface area contributed by atoms with Gasteiger partial charge < -0.3 is 11.1 Å². The van der Waals surface area contributed by atoms with Gasteiger partial charge in [-0.3, -0.25) is 4.79 Å².